The number of likely N-dealkylation sites (N-methyl/N-ethyl adjacent to an activating group) is 3. The number of nitrogens with zero attached hydrogens (tertiary/aromatic N) is 8. The molecule has 4 heterocycles. The van der Waals surface area contributed by atoms with Gasteiger partial charge in [0.2, 0.25) is 5.95 Å². The van der Waals surface area contributed by atoms with Crippen LogP contribution in [0.25, 0.3) is 0 Å². The zero-order valence-corrected chi connectivity index (χ0v) is 35.3. The van der Waals surface area contributed by atoms with E-state index in [2.05, 4.69) is 76.6 Å². The highest BCUT2D eigenvalue weighted by Gasteiger charge is 2.31. The molecule has 0 aliphatic carbocycles. The summed E-state index contributed by atoms with van der Waals surface area (Å²) in [6.45, 7) is 8.96. The van der Waals surface area contributed by atoms with Gasteiger partial charge in [-0.3, -0.25) is 9.69 Å². The number of carbonyl (C=O) groups is 1. The van der Waals surface area contributed by atoms with E-state index in [0.29, 0.717) is 54.6 Å². The van der Waals surface area contributed by atoms with Gasteiger partial charge in [-0.2, -0.15) is 4.98 Å². The molecule has 4 aromatic rings. The van der Waals surface area contributed by atoms with Gasteiger partial charge in [0.25, 0.3) is 5.91 Å². The summed E-state index contributed by atoms with van der Waals surface area (Å²) in [5, 5.41) is 9.93. The Bertz CT molecular complexity index is 2090. The minimum absolute atomic E-state index is 0.00668. The lowest BCUT2D eigenvalue weighted by atomic mass is 10.0. The number of hydrogen-bond acceptors (Lipinski definition) is 14. The second kappa shape index (κ2) is 18.6. The maximum atomic E-state index is 15.2. The molecule has 3 aliphatic heterocycles. The van der Waals surface area contributed by atoms with Gasteiger partial charge in [0.15, 0.2) is 17.8 Å². The first-order valence-corrected chi connectivity index (χ1v) is 20.2. The molecule has 7 rings (SSSR count). The fourth-order valence-electron chi connectivity index (χ4n) is 7.87. The molecule has 1 atom stereocenters. The van der Waals surface area contributed by atoms with Crippen molar-refractivity contribution in [2.24, 2.45) is 0 Å². The molecule has 15 nitrogen and oxygen atoms in total. The number of methoxy groups -OCH3 is 3. The Hall–Kier alpha value is -5.58. The number of ether oxygens (including phenoxy) is 3. The third-order valence-corrected chi connectivity index (χ3v) is 11.5. The highest BCUT2D eigenvalue weighted by atomic mass is 19.1. The summed E-state index contributed by atoms with van der Waals surface area (Å²) in [7, 11) is 12.7. The minimum Gasteiger partial charge on any atom is -0.495 e. The number of piperazine rings is 2. The molecule has 3 aromatic carbocycles. The van der Waals surface area contributed by atoms with Gasteiger partial charge in [-0.05, 0) is 74.5 Å². The predicted octanol–water partition coefficient (Wildman–Crippen LogP) is 4.56. The third kappa shape index (κ3) is 9.67. The van der Waals surface area contributed by atoms with Crippen molar-refractivity contribution in [2.45, 2.75) is 19.0 Å². The second-order valence-electron chi connectivity index (χ2n) is 15.6. The Balaban J connectivity index is 1.06. The maximum Gasteiger partial charge on any atom is 0.259 e. The molecule has 316 valence electrons. The Kier molecular flexibility index (Phi) is 13.1. The van der Waals surface area contributed by atoms with E-state index in [1.807, 2.05) is 36.4 Å². The summed E-state index contributed by atoms with van der Waals surface area (Å²) >= 11 is 0. The van der Waals surface area contributed by atoms with E-state index >= 15 is 4.39 Å². The number of anilines is 7. The molecular formula is C43H58FN11O4. The molecule has 1 aromatic heterocycles. The van der Waals surface area contributed by atoms with Crippen molar-refractivity contribution in [2.75, 3.05) is 141 Å². The first-order chi connectivity index (χ1) is 28.5. The molecule has 0 bridgehead atoms. The molecule has 3 N–H and O–H groups in total. The molecule has 59 heavy (non-hydrogen) atoms. The fraction of sp³-hybridized carbons (Fsp3) is 0.465. The number of fused-ring (bicyclic) bond motifs is 1. The van der Waals surface area contributed by atoms with E-state index in [0.717, 1.165) is 86.7 Å². The van der Waals surface area contributed by atoms with Crippen molar-refractivity contribution in [3.63, 3.8) is 0 Å². The van der Waals surface area contributed by atoms with Crippen molar-refractivity contribution in [1.29, 1.82) is 0 Å². The smallest absolute Gasteiger partial charge is 0.259 e. The highest BCUT2D eigenvalue weighted by molar-refractivity contribution is 5.85. The van der Waals surface area contributed by atoms with Crippen LogP contribution in [0, 0.1) is 5.82 Å². The zero-order chi connectivity index (χ0) is 41.6. The highest BCUT2D eigenvalue weighted by Crippen LogP contribution is 2.36. The van der Waals surface area contributed by atoms with Crippen LogP contribution in [0.3, 0.4) is 0 Å². The van der Waals surface area contributed by atoms with Gasteiger partial charge in [0, 0.05) is 103 Å². The quantitative estimate of drug-likeness (QED) is 0.175. The van der Waals surface area contributed by atoms with Crippen LogP contribution in [0.1, 0.15) is 11.1 Å². The average molecular weight is 812 g/mol. The summed E-state index contributed by atoms with van der Waals surface area (Å²) in [6.07, 6.45) is 1.89. The van der Waals surface area contributed by atoms with E-state index in [1.54, 1.807) is 40.3 Å². The zero-order valence-electron chi connectivity index (χ0n) is 35.3. The summed E-state index contributed by atoms with van der Waals surface area (Å²) in [5.74, 6) is 1.42. The summed E-state index contributed by atoms with van der Waals surface area (Å²) in [5.41, 5.74) is 6.37. The Labute approximate surface area is 347 Å². The van der Waals surface area contributed by atoms with Gasteiger partial charge < -0.3 is 54.7 Å². The molecule has 2 fully saturated rings. The van der Waals surface area contributed by atoms with Gasteiger partial charge in [-0.15, -0.1) is 0 Å². The van der Waals surface area contributed by atoms with Crippen molar-refractivity contribution in [1.82, 2.24) is 29.6 Å². The standard InChI is InChI=1S/C43H58FN11O4/c1-50(2)42(56)41(47-35-11-9-32(27-39(35)59-7)54-22-18-52(4)19-23-54)55-14-12-29-24-36(37(57-5)25-30(29)13-15-55)48-43-45-28-33(44)40(49-43)46-34-10-8-31(26-38(34)58-6)53-20-16-51(3)17-21-53/h8-11,24-28,41,47H,12-23H2,1-7H3,(H2,45,46,48,49). The number of benzene rings is 3. The van der Waals surface area contributed by atoms with E-state index < -0.39 is 12.0 Å². The molecule has 16 heteroatoms. The lowest BCUT2D eigenvalue weighted by molar-refractivity contribution is -0.133. The summed E-state index contributed by atoms with van der Waals surface area (Å²) in [4.78, 5) is 35.7. The van der Waals surface area contributed by atoms with Crippen molar-refractivity contribution < 1.29 is 23.4 Å². The van der Waals surface area contributed by atoms with Crippen LogP contribution in [0.5, 0.6) is 17.2 Å². The summed E-state index contributed by atoms with van der Waals surface area (Å²) < 4.78 is 32.6. The fourth-order valence-corrected chi connectivity index (χ4v) is 7.87. The number of carbonyl (C=O) groups excluding carboxylic acids is 1. The molecule has 1 amide bonds. The Morgan fingerprint density at radius 1 is 0.695 bits per heavy atom. The molecule has 2 saturated heterocycles. The van der Waals surface area contributed by atoms with Gasteiger partial charge in [-0.1, -0.05) is 0 Å². The average Bonchev–Trinajstić information content (AvgIpc) is 3.46. The number of halogens is 1. The largest absolute Gasteiger partial charge is 0.495 e. The van der Waals surface area contributed by atoms with Crippen LogP contribution in [0.2, 0.25) is 0 Å². The summed E-state index contributed by atoms with van der Waals surface area (Å²) in [6, 6.07) is 16.1. The SMILES string of the molecule is COc1cc2c(cc1Nc1ncc(F)c(Nc3ccc(N4CCN(C)CC4)cc3OC)n1)CCN(C(Nc1ccc(N3CCN(C)CC3)cc1OC)C(=O)N(C)C)CC2. The van der Waals surface area contributed by atoms with Crippen LogP contribution in [-0.4, -0.2) is 157 Å². The van der Waals surface area contributed by atoms with Gasteiger partial charge in [0.1, 0.15) is 17.2 Å². The van der Waals surface area contributed by atoms with Gasteiger partial charge in [-0.25, -0.2) is 9.37 Å². The number of amides is 1. The van der Waals surface area contributed by atoms with Crippen molar-refractivity contribution in [3.8, 4) is 17.2 Å². The van der Waals surface area contributed by atoms with E-state index in [9.17, 15) is 4.79 Å². The lowest BCUT2D eigenvalue weighted by Crippen LogP contribution is -2.52. The number of aromatic nitrogens is 2. The van der Waals surface area contributed by atoms with E-state index in [4.69, 9.17) is 14.2 Å². The van der Waals surface area contributed by atoms with Crippen LogP contribution in [0.4, 0.5) is 44.6 Å². The first kappa shape index (κ1) is 41.6. The Morgan fingerprint density at radius 2 is 1.22 bits per heavy atom. The molecule has 0 spiro atoms. The van der Waals surface area contributed by atoms with Crippen LogP contribution in [0.15, 0.2) is 54.7 Å². The molecule has 3 aliphatic rings. The molecular weight excluding hydrogens is 754 g/mol. The van der Waals surface area contributed by atoms with Crippen LogP contribution < -0.4 is 40.0 Å². The molecule has 0 radical (unpaired) electrons. The first-order valence-electron chi connectivity index (χ1n) is 20.2. The maximum absolute atomic E-state index is 15.2. The van der Waals surface area contributed by atoms with Crippen molar-refractivity contribution >= 4 is 46.1 Å². The van der Waals surface area contributed by atoms with Crippen LogP contribution in [-0.2, 0) is 17.6 Å². The van der Waals surface area contributed by atoms with Crippen LogP contribution >= 0.6 is 0 Å². The Morgan fingerprint density at radius 3 is 1.78 bits per heavy atom. The molecule has 0 saturated carbocycles. The number of hydrogen-bond donors (Lipinski definition) is 3. The topological polar surface area (TPSA) is 126 Å². The monoisotopic (exact) mass is 811 g/mol. The van der Waals surface area contributed by atoms with Gasteiger partial charge >= 0.3 is 0 Å². The normalized spacial score (nSPS) is 17.1. The van der Waals surface area contributed by atoms with Gasteiger partial charge in [0.05, 0.1) is 44.6 Å². The van der Waals surface area contributed by atoms with Crippen molar-refractivity contribution in [3.05, 3.63) is 71.7 Å². The minimum atomic E-state index is -0.623. The second-order valence-corrected chi connectivity index (χ2v) is 15.6. The molecule has 1 unspecified atom stereocenters. The third-order valence-electron chi connectivity index (χ3n) is 11.5. The predicted molar refractivity (Wildman–Crippen MR) is 232 cm³/mol. The van der Waals surface area contributed by atoms with E-state index in [-0.39, 0.29) is 17.7 Å². The lowest BCUT2D eigenvalue weighted by Gasteiger charge is -2.35. The number of nitrogens with one attached hydrogen (secondary N) is 3. The number of rotatable bonds is 13. The van der Waals surface area contributed by atoms with E-state index in [1.165, 1.54) is 0 Å².